The van der Waals surface area contributed by atoms with Gasteiger partial charge in [0.05, 0.1) is 0 Å². The predicted molar refractivity (Wildman–Crippen MR) is 75.2 cm³/mol. The van der Waals surface area contributed by atoms with E-state index in [1.807, 2.05) is 18.2 Å². The maximum atomic E-state index is 10.9. The van der Waals surface area contributed by atoms with E-state index in [0.717, 1.165) is 18.7 Å². The zero-order valence-corrected chi connectivity index (χ0v) is 11.4. The molecule has 2 aromatic heterocycles. The molecule has 5 nitrogen and oxygen atoms in total. The Hall–Kier alpha value is -2.27. The number of carbonyl (C=O) groups is 1. The van der Waals surface area contributed by atoms with Gasteiger partial charge >= 0.3 is 5.97 Å². The number of hydrogen-bond donors (Lipinski definition) is 1. The molecule has 20 heavy (non-hydrogen) atoms. The van der Waals surface area contributed by atoms with Gasteiger partial charge in [0.2, 0.25) is 0 Å². The molecule has 5 heteroatoms. The Morgan fingerprint density at radius 1 is 1.15 bits per heavy atom. The van der Waals surface area contributed by atoms with E-state index in [-0.39, 0.29) is 5.69 Å². The van der Waals surface area contributed by atoms with Crippen LogP contribution in [-0.4, -0.2) is 32.5 Å². The second kappa shape index (κ2) is 6.77. The predicted octanol–water partition coefficient (Wildman–Crippen LogP) is 2.20. The molecule has 0 bridgehead atoms. The van der Waals surface area contributed by atoms with E-state index in [2.05, 4.69) is 21.8 Å². The summed E-state index contributed by atoms with van der Waals surface area (Å²) in [6.45, 7) is 4.47. The largest absolute Gasteiger partial charge is 0.477 e. The molecule has 0 aliphatic rings. The normalized spacial score (nSPS) is 10.7. The quantitative estimate of drug-likeness (QED) is 0.872. The minimum Gasteiger partial charge on any atom is -0.477 e. The molecular weight excluding hydrogens is 254 g/mol. The molecule has 0 spiro atoms. The Kier molecular flexibility index (Phi) is 4.79. The van der Waals surface area contributed by atoms with Gasteiger partial charge in [-0.25, -0.2) is 9.78 Å². The van der Waals surface area contributed by atoms with Crippen LogP contribution in [0.5, 0.6) is 0 Å². The van der Waals surface area contributed by atoms with Crippen LogP contribution in [0.1, 0.15) is 28.5 Å². The highest BCUT2D eigenvalue weighted by atomic mass is 16.4. The van der Waals surface area contributed by atoms with Gasteiger partial charge in [-0.1, -0.05) is 6.92 Å². The van der Waals surface area contributed by atoms with Gasteiger partial charge < -0.3 is 5.11 Å². The van der Waals surface area contributed by atoms with Crippen molar-refractivity contribution in [1.29, 1.82) is 0 Å². The molecule has 0 aromatic carbocycles. The highest BCUT2D eigenvalue weighted by Gasteiger charge is 2.08. The number of aromatic nitrogens is 2. The third kappa shape index (κ3) is 3.86. The fraction of sp³-hybridized carbons (Fsp3) is 0.267. The van der Waals surface area contributed by atoms with Gasteiger partial charge in [0.1, 0.15) is 5.69 Å². The summed E-state index contributed by atoms with van der Waals surface area (Å²) >= 11 is 0. The number of rotatable bonds is 6. The van der Waals surface area contributed by atoms with Gasteiger partial charge in [-0.05, 0) is 41.9 Å². The third-order valence-corrected chi connectivity index (χ3v) is 3.05. The lowest BCUT2D eigenvalue weighted by Crippen LogP contribution is -2.22. The molecule has 0 aliphatic heterocycles. The summed E-state index contributed by atoms with van der Waals surface area (Å²) in [5.74, 6) is -0.996. The number of hydrogen-bond acceptors (Lipinski definition) is 4. The molecular formula is C15H17N3O2. The Morgan fingerprint density at radius 3 is 2.45 bits per heavy atom. The first-order chi connectivity index (χ1) is 9.69. The molecule has 0 aliphatic carbocycles. The van der Waals surface area contributed by atoms with Crippen LogP contribution in [0.25, 0.3) is 0 Å². The summed E-state index contributed by atoms with van der Waals surface area (Å²) in [7, 11) is 0. The third-order valence-electron chi connectivity index (χ3n) is 3.05. The van der Waals surface area contributed by atoms with E-state index < -0.39 is 5.97 Å². The van der Waals surface area contributed by atoms with Gasteiger partial charge in [0, 0.05) is 31.7 Å². The summed E-state index contributed by atoms with van der Waals surface area (Å²) in [6, 6.07) is 7.44. The van der Waals surface area contributed by atoms with Crippen molar-refractivity contribution >= 4 is 5.97 Å². The van der Waals surface area contributed by atoms with Gasteiger partial charge in [-0.15, -0.1) is 0 Å². The SMILES string of the molecule is CCN(Cc1ccncc1)Cc1ccnc(C(=O)O)c1. The fourth-order valence-corrected chi connectivity index (χ4v) is 1.97. The standard InChI is InChI=1S/C15H17N3O2/c1-2-18(10-12-3-6-16-7-4-12)11-13-5-8-17-14(9-13)15(19)20/h3-9H,2,10-11H2,1H3,(H,19,20). The molecule has 0 fully saturated rings. The molecule has 2 rings (SSSR count). The van der Waals surface area contributed by atoms with E-state index in [0.29, 0.717) is 6.54 Å². The maximum absolute atomic E-state index is 10.9. The minimum absolute atomic E-state index is 0.0856. The molecule has 1 N–H and O–H groups in total. The van der Waals surface area contributed by atoms with E-state index >= 15 is 0 Å². The van der Waals surface area contributed by atoms with Crippen molar-refractivity contribution in [2.45, 2.75) is 20.0 Å². The Morgan fingerprint density at radius 2 is 1.80 bits per heavy atom. The topological polar surface area (TPSA) is 66.3 Å². The van der Waals surface area contributed by atoms with Gasteiger partial charge in [0.25, 0.3) is 0 Å². The van der Waals surface area contributed by atoms with Crippen molar-refractivity contribution in [1.82, 2.24) is 14.9 Å². The average molecular weight is 271 g/mol. The number of pyridine rings is 2. The molecule has 0 saturated carbocycles. The van der Waals surface area contributed by atoms with Crippen molar-refractivity contribution in [2.75, 3.05) is 6.54 Å². The highest BCUT2D eigenvalue weighted by Crippen LogP contribution is 2.10. The van der Waals surface area contributed by atoms with Crippen LogP contribution >= 0.6 is 0 Å². The highest BCUT2D eigenvalue weighted by molar-refractivity contribution is 5.85. The molecule has 0 radical (unpaired) electrons. The van der Waals surface area contributed by atoms with Crippen molar-refractivity contribution in [3.05, 3.63) is 59.7 Å². The Bertz CT molecular complexity index is 572. The van der Waals surface area contributed by atoms with Crippen LogP contribution in [-0.2, 0) is 13.1 Å². The lowest BCUT2D eigenvalue weighted by molar-refractivity contribution is 0.0690. The number of carboxylic acids is 1. The fourth-order valence-electron chi connectivity index (χ4n) is 1.97. The smallest absolute Gasteiger partial charge is 0.354 e. The zero-order chi connectivity index (χ0) is 14.4. The van der Waals surface area contributed by atoms with Crippen LogP contribution in [0, 0.1) is 0 Å². The van der Waals surface area contributed by atoms with Crippen LogP contribution in [0.15, 0.2) is 42.9 Å². The zero-order valence-electron chi connectivity index (χ0n) is 11.4. The second-order valence-electron chi connectivity index (χ2n) is 4.51. The van der Waals surface area contributed by atoms with Crippen LogP contribution in [0.4, 0.5) is 0 Å². The molecule has 2 aromatic rings. The summed E-state index contributed by atoms with van der Waals surface area (Å²) in [6.07, 6.45) is 5.09. The molecule has 2 heterocycles. The minimum atomic E-state index is -0.996. The Balaban J connectivity index is 2.06. The van der Waals surface area contributed by atoms with Gasteiger partial charge in [-0.2, -0.15) is 0 Å². The van der Waals surface area contributed by atoms with Crippen molar-refractivity contribution in [3.63, 3.8) is 0 Å². The monoisotopic (exact) mass is 271 g/mol. The molecule has 104 valence electrons. The lowest BCUT2D eigenvalue weighted by atomic mass is 10.2. The van der Waals surface area contributed by atoms with E-state index in [1.54, 1.807) is 24.7 Å². The first kappa shape index (κ1) is 14.1. The maximum Gasteiger partial charge on any atom is 0.354 e. The van der Waals surface area contributed by atoms with Gasteiger partial charge in [0.15, 0.2) is 0 Å². The first-order valence-electron chi connectivity index (χ1n) is 6.48. The lowest BCUT2D eigenvalue weighted by Gasteiger charge is -2.20. The van der Waals surface area contributed by atoms with E-state index in [1.165, 1.54) is 5.56 Å². The van der Waals surface area contributed by atoms with Crippen LogP contribution in [0.2, 0.25) is 0 Å². The average Bonchev–Trinajstić information content (AvgIpc) is 2.48. The van der Waals surface area contributed by atoms with E-state index in [4.69, 9.17) is 5.11 Å². The van der Waals surface area contributed by atoms with Crippen molar-refractivity contribution in [3.8, 4) is 0 Å². The summed E-state index contributed by atoms with van der Waals surface area (Å²) in [5.41, 5.74) is 2.23. The molecule has 0 atom stereocenters. The molecule has 0 unspecified atom stereocenters. The van der Waals surface area contributed by atoms with Crippen LogP contribution < -0.4 is 0 Å². The molecule has 0 saturated heterocycles. The summed E-state index contributed by atoms with van der Waals surface area (Å²) < 4.78 is 0. The van der Waals surface area contributed by atoms with E-state index in [9.17, 15) is 4.79 Å². The summed E-state index contributed by atoms with van der Waals surface area (Å²) in [4.78, 5) is 21.0. The molecule has 0 amide bonds. The number of nitrogens with zero attached hydrogens (tertiary/aromatic N) is 3. The number of carboxylic acid groups (broad SMARTS) is 1. The van der Waals surface area contributed by atoms with Crippen LogP contribution in [0.3, 0.4) is 0 Å². The Labute approximate surface area is 117 Å². The van der Waals surface area contributed by atoms with Gasteiger partial charge in [-0.3, -0.25) is 9.88 Å². The second-order valence-corrected chi connectivity index (χ2v) is 4.51. The number of aromatic carboxylic acids is 1. The van der Waals surface area contributed by atoms with Crippen molar-refractivity contribution in [2.24, 2.45) is 0 Å². The van der Waals surface area contributed by atoms with Crippen molar-refractivity contribution < 1.29 is 9.90 Å². The summed E-state index contributed by atoms with van der Waals surface area (Å²) in [5, 5.41) is 8.95. The first-order valence-corrected chi connectivity index (χ1v) is 6.48.